The second-order valence-electron chi connectivity index (χ2n) is 6.97. The molecular formula is C22H27NO3S. The van der Waals surface area contributed by atoms with Gasteiger partial charge < -0.3 is 14.8 Å². The maximum Gasteiger partial charge on any atom is 0.230 e. The van der Waals surface area contributed by atoms with Crippen LogP contribution in [0, 0.1) is 6.92 Å². The highest BCUT2D eigenvalue weighted by Gasteiger charge is 2.37. The highest BCUT2D eigenvalue weighted by atomic mass is 32.2. The summed E-state index contributed by atoms with van der Waals surface area (Å²) in [5.74, 6) is 1.36. The predicted molar refractivity (Wildman–Crippen MR) is 110 cm³/mol. The molecule has 1 heterocycles. The number of carbonyl (C=O) groups is 1. The van der Waals surface area contributed by atoms with Gasteiger partial charge in [0, 0.05) is 35.6 Å². The van der Waals surface area contributed by atoms with Gasteiger partial charge in [-0.2, -0.15) is 0 Å². The van der Waals surface area contributed by atoms with Gasteiger partial charge in [0.25, 0.3) is 0 Å². The van der Waals surface area contributed by atoms with E-state index in [4.69, 9.17) is 9.47 Å². The van der Waals surface area contributed by atoms with E-state index < -0.39 is 0 Å². The summed E-state index contributed by atoms with van der Waals surface area (Å²) in [6, 6.07) is 16.3. The van der Waals surface area contributed by atoms with E-state index in [1.807, 2.05) is 36.4 Å². The number of hydrogen-bond acceptors (Lipinski definition) is 4. The van der Waals surface area contributed by atoms with Gasteiger partial charge in [-0.05, 0) is 38.0 Å². The third-order valence-corrected chi connectivity index (χ3v) is 6.13. The standard InChI is InChI=1S/C22H27NO3S/c1-17-8-9-20(25-2)19(14-17)22(10-12-26-13-11-22)16-23-21(24)15-27-18-6-4-3-5-7-18/h3-9,14H,10-13,15-16H2,1-2H3,(H,23,24). The van der Waals surface area contributed by atoms with Crippen LogP contribution in [0.1, 0.15) is 24.0 Å². The van der Waals surface area contributed by atoms with Gasteiger partial charge in [-0.15, -0.1) is 11.8 Å². The lowest BCUT2D eigenvalue weighted by Gasteiger charge is -2.38. The van der Waals surface area contributed by atoms with Gasteiger partial charge >= 0.3 is 0 Å². The Bertz CT molecular complexity index is 757. The normalized spacial score (nSPS) is 15.9. The molecule has 144 valence electrons. The first-order valence-corrected chi connectivity index (χ1v) is 10.3. The molecule has 1 aliphatic heterocycles. The topological polar surface area (TPSA) is 47.6 Å². The third-order valence-electron chi connectivity index (χ3n) is 5.11. The summed E-state index contributed by atoms with van der Waals surface area (Å²) in [5.41, 5.74) is 2.22. The Hall–Kier alpha value is -1.98. The summed E-state index contributed by atoms with van der Waals surface area (Å²) >= 11 is 1.56. The van der Waals surface area contributed by atoms with Crippen molar-refractivity contribution in [3.05, 3.63) is 59.7 Å². The van der Waals surface area contributed by atoms with Crippen molar-refractivity contribution in [2.24, 2.45) is 0 Å². The van der Waals surface area contributed by atoms with Crippen LogP contribution < -0.4 is 10.1 Å². The number of amides is 1. The minimum Gasteiger partial charge on any atom is -0.496 e. The first-order chi connectivity index (χ1) is 13.1. The van der Waals surface area contributed by atoms with Crippen LogP contribution >= 0.6 is 11.8 Å². The molecular weight excluding hydrogens is 358 g/mol. The number of carbonyl (C=O) groups excluding carboxylic acids is 1. The number of aryl methyl sites for hydroxylation is 1. The van der Waals surface area contributed by atoms with E-state index in [9.17, 15) is 4.79 Å². The second-order valence-corrected chi connectivity index (χ2v) is 8.02. The van der Waals surface area contributed by atoms with Crippen LogP contribution in [0.4, 0.5) is 0 Å². The largest absolute Gasteiger partial charge is 0.496 e. The van der Waals surface area contributed by atoms with E-state index in [0.29, 0.717) is 25.5 Å². The van der Waals surface area contributed by atoms with Gasteiger partial charge in [-0.3, -0.25) is 4.79 Å². The van der Waals surface area contributed by atoms with E-state index in [0.717, 1.165) is 23.5 Å². The molecule has 5 heteroatoms. The molecule has 2 aromatic carbocycles. The molecule has 0 spiro atoms. The number of rotatable bonds is 7. The minimum absolute atomic E-state index is 0.0568. The molecule has 3 rings (SSSR count). The molecule has 1 fully saturated rings. The van der Waals surface area contributed by atoms with Gasteiger partial charge in [0.15, 0.2) is 0 Å². The molecule has 2 aromatic rings. The van der Waals surface area contributed by atoms with Crippen LogP contribution in [-0.4, -0.2) is 38.5 Å². The van der Waals surface area contributed by atoms with Crippen LogP contribution in [0.2, 0.25) is 0 Å². The Morgan fingerprint density at radius 2 is 1.93 bits per heavy atom. The highest BCUT2D eigenvalue weighted by Crippen LogP contribution is 2.40. The van der Waals surface area contributed by atoms with Crippen molar-refractivity contribution < 1.29 is 14.3 Å². The van der Waals surface area contributed by atoms with Crippen LogP contribution in [0.25, 0.3) is 0 Å². The Labute approximate surface area is 165 Å². The molecule has 0 atom stereocenters. The van der Waals surface area contributed by atoms with Gasteiger partial charge in [-0.25, -0.2) is 0 Å². The SMILES string of the molecule is COc1ccc(C)cc1C1(CNC(=O)CSc2ccccc2)CCOCC1. The fourth-order valence-corrected chi connectivity index (χ4v) is 4.27. The molecule has 0 aromatic heterocycles. The van der Waals surface area contributed by atoms with Gasteiger partial charge in [0.05, 0.1) is 12.9 Å². The number of benzene rings is 2. The molecule has 0 saturated carbocycles. The molecule has 0 bridgehead atoms. The molecule has 27 heavy (non-hydrogen) atoms. The molecule has 0 radical (unpaired) electrons. The summed E-state index contributed by atoms with van der Waals surface area (Å²) in [4.78, 5) is 13.6. The summed E-state index contributed by atoms with van der Waals surface area (Å²) in [6.45, 7) is 4.09. The number of ether oxygens (including phenoxy) is 2. The van der Waals surface area contributed by atoms with Gasteiger partial charge in [0.2, 0.25) is 5.91 Å². The summed E-state index contributed by atoms with van der Waals surface area (Å²) in [7, 11) is 1.70. The lowest BCUT2D eigenvalue weighted by Crippen LogP contribution is -2.45. The summed E-state index contributed by atoms with van der Waals surface area (Å²) in [5, 5.41) is 3.16. The second kappa shape index (κ2) is 9.29. The Balaban J connectivity index is 1.70. The van der Waals surface area contributed by atoms with E-state index in [1.165, 1.54) is 11.1 Å². The fourth-order valence-electron chi connectivity index (χ4n) is 3.52. The lowest BCUT2D eigenvalue weighted by atomic mass is 9.73. The molecule has 1 N–H and O–H groups in total. The van der Waals surface area contributed by atoms with Crippen LogP contribution in [0.3, 0.4) is 0 Å². The number of nitrogens with one attached hydrogen (secondary N) is 1. The predicted octanol–water partition coefficient (Wildman–Crippen LogP) is 3.96. The minimum atomic E-state index is -0.150. The molecule has 1 saturated heterocycles. The number of hydrogen-bond donors (Lipinski definition) is 1. The molecule has 0 unspecified atom stereocenters. The zero-order valence-electron chi connectivity index (χ0n) is 16.0. The lowest BCUT2D eigenvalue weighted by molar-refractivity contribution is -0.119. The van der Waals surface area contributed by atoms with Crippen LogP contribution in [-0.2, 0) is 14.9 Å². The molecule has 1 aliphatic rings. The van der Waals surface area contributed by atoms with Crippen molar-refractivity contribution in [3.8, 4) is 5.75 Å². The van der Waals surface area contributed by atoms with E-state index >= 15 is 0 Å². The van der Waals surface area contributed by atoms with Crippen molar-refractivity contribution in [3.63, 3.8) is 0 Å². The quantitative estimate of drug-likeness (QED) is 0.733. The van der Waals surface area contributed by atoms with Crippen molar-refractivity contribution in [2.75, 3.05) is 32.6 Å². The molecule has 1 amide bonds. The van der Waals surface area contributed by atoms with E-state index in [1.54, 1.807) is 18.9 Å². The zero-order chi connectivity index (χ0) is 19.1. The van der Waals surface area contributed by atoms with E-state index in [2.05, 4.69) is 24.4 Å². The van der Waals surface area contributed by atoms with Gasteiger partial charge in [-0.1, -0.05) is 35.9 Å². The van der Waals surface area contributed by atoms with Crippen molar-refractivity contribution >= 4 is 17.7 Å². The third kappa shape index (κ3) is 5.05. The monoisotopic (exact) mass is 385 g/mol. The Morgan fingerprint density at radius 3 is 2.63 bits per heavy atom. The first-order valence-electron chi connectivity index (χ1n) is 9.30. The maximum atomic E-state index is 12.5. The fraction of sp³-hybridized carbons (Fsp3) is 0.409. The van der Waals surface area contributed by atoms with Crippen molar-refractivity contribution in [1.82, 2.24) is 5.32 Å². The number of methoxy groups -OCH3 is 1. The average molecular weight is 386 g/mol. The number of thioether (sulfide) groups is 1. The first kappa shape index (κ1) is 19.8. The Kier molecular flexibility index (Phi) is 6.80. The van der Waals surface area contributed by atoms with E-state index in [-0.39, 0.29) is 11.3 Å². The van der Waals surface area contributed by atoms with Crippen molar-refractivity contribution in [2.45, 2.75) is 30.1 Å². The summed E-state index contributed by atoms with van der Waals surface area (Å²) in [6.07, 6.45) is 1.75. The summed E-state index contributed by atoms with van der Waals surface area (Å²) < 4.78 is 11.2. The highest BCUT2D eigenvalue weighted by molar-refractivity contribution is 8.00. The molecule has 4 nitrogen and oxygen atoms in total. The van der Waals surface area contributed by atoms with Gasteiger partial charge in [0.1, 0.15) is 5.75 Å². The van der Waals surface area contributed by atoms with Crippen molar-refractivity contribution in [1.29, 1.82) is 0 Å². The molecule has 0 aliphatic carbocycles. The zero-order valence-corrected chi connectivity index (χ0v) is 16.8. The van der Waals surface area contributed by atoms with Crippen LogP contribution in [0.5, 0.6) is 5.75 Å². The smallest absolute Gasteiger partial charge is 0.230 e. The average Bonchev–Trinajstić information content (AvgIpc) is 2.72. The Morgan fingerprint density at radius 1 is 1.19 bits per heavy atom. The van der Waals surface area contributed by atoms with Crippen LogP contribution in [0.15, 0.2) is 53.4 Å². The maximum absolute atomic E-state index is 12.5.